The first-order valence-corrected chi connectivity index (χ1v) is 7.75. The summed E-state index contributed by atoms with van der Waals surface area (Å²) in [7, 11) is 0. The maximum absolute atomic E-state index is 10.2. The monoisotopic (exact) mass is 376 g/mol. The normalized spacial score (nSPS) is 27.5. The molecule has 0 amide bonds. The standard InChI is InChI=1S/C14H11Cl3N2O4/c15-7-1-5-6(3-18)13(17)19(9(5)2-8(7)16)14-12(22)11(21)10(4-20)23-14/h1-2,10-12,14,20-22H,4H2/t10-,11-,12-,14?/m1/s1. The Morgan fingerprint density at radius 2 is 1.83 bits per heavy atom. The summed E-state index contributed by atoms with van der Waals surface area (Å²) in [5.74, 6) is 0. The van der Waals surface area contributed by atoms with Crippen LogP contribution in [-0.4, -0.2) is 44.8 Å². The lowest BCUT2D eigenvalue weighted by Crippen LogP contribution is -2.33. The molecule has 4 atom stereocenters. The Kier molecular flexibility index (Phi) is 4.47. The van der Waals surface area contributed by atoms with Crippen molar-refractivity contribution in [1.82, 2.24) is 4.57 Å². The second-order valence-corrected chi connectivity index (χ2v) is 6.33. The van der Waals surface area contributed by atoms with Crippen LogP contribution in [0.3, 0.4) is 0 Å². The molecule has 0 radical (unpaired) electrons. The Labute approximate surface area is 146 Å². The van der Waals surface area contributed by atoms with Crippen LogP contribution < -0.4 is 0 Å². The number of halogens is 3. The van der Waals surface area contributed by atoms with Crippen LogP contribution in [-0.2, 0) is 4.74 Å². The molecule has 1 aliphatic heterocycles. The van der Waals surface area contributed by atoms with E-state index in [9.17, 15) is 20.6 Å². The molecule has 1 aliphatic rings. The fraction of sp³-hybridized carbons (Fsp3) is 0.357. The number of hydrogen-bond donors (Lipinski definition) is 3. The molecule has 3 N–H and O–H groups in total. The number of hydrogen-bond acceptors (Lipinski definition) is 5. The Balaban J connectivity index is 2.24. The molecule has 0 spiro atoms. The van der Waals surface area contributed by atoms with Gasteiger partial charge < -0.3 is 24.6 Å². The van der Waals surface area contributed by atoms with Gasteiger partial charge in [0.15, 0.2) is 6.23 Å². The number of aliphatic hydroxyl groups excluding tert-OH is 3. The highest BCUT2D eigenvalue weighted by molar-refractivity contribution is 6.43. The predicted octanol–water partition coefficient (Wildman–Crippen LogP) is 2.08. The highest BCUT2D eigenvalue weighted by Gasteiger charge is 2.44. The molecule has 9 heteroatoms. The summed E-state index contributed by atoms with van der Waals surface area (Å²) in [6.45, 7) is -0.469. The van der Waals surface area contributed by atoms with Crippen LogP contribution in [0.15, 0.2) is 12.1 Å². The van der Waals surface area contributed by atoms with Crippen molar-refractivity contribution in [2.45, 2.75) is 24.5 Å². The maximum Gasteiger partial charge on any atom is 0.164 e. The molecule has 1 aromatic carbocycles. The van der Waals surface area contributed by atoms with Crippen molar-refractivity contribution >= 4 is 45.7 Å². The first-order valence-electron chi connectivity index (χ1n) is 6.61. The zero-order chi connectivity index (χ0) is 16.9. The third kappa shape index (κ3) is 2.49. The quantitative estimate of drug-likeness (QED) is 0.744. The molecule has 0 saturated carbocycles. The van der Waals surface area contributed by atoms with Gasteiger partial charge in [0.25, 0.3) is 0 Å². The van der Waals surface area contributed by atoms with Gasteiger partial charge in [-0.2, -0.15) is 5.26 Å². The molecular formula is C14H11Cl3N2O4. The summed E-state index contributed by atoms with van der Waals surface area (Å²) in [6.07, 6.45) is -4.65. The van der Waals surface area contributed by atoms with Gasteiger partial charge in [-0.1, -0.05) is 34.8 Å². The molecule has 0 aliphatic carbocycles. The van der Waals surface area contributed by atoms with Gasteiger partial charge in [-0.05, 0) is 12.1 Å². The van der Waals surface area contributed by atoms with Crippen molar-refractivity contribution in [3.8, 4) is 6.07 Å². The third-order valence-electron chi connectivity index (χ3n) is 3.87. The number of aliphatic hydroxyl groups is 3. The summed E-state index contributed by atoms with van der Waals surface area (Å²) in [5.41, 5.74) is 0.578. The van der Waals surface area contributed by atoms with Crippen LogP contribution in [0.2, 0.25) is 15.2 Å². The van der Waals surface area contributed by atoms with E-state index in [1.807, 2.05) is 6.07 Å². The highest BCUT2D eigenvalue weighted by Crippen LogP contribution is 2.40. The molecule has 23 heavy (non-hydrogen) atoms. The Morgan fingerprint density at radius 3 is 2.39 bits per heavy atom. The van der Waals surface area contributed by atoms with E-state index in [1.54, 1.807) is 0 Å². The summed E-state index contributed by atoms with van der Waals surface area (Å²) < 4.78 is 6.84. The molecule has 2 aromatic rings. The Bertz CT molecular complexity index is 817. The largest absolute Gasteiger partial charge is 0.394 e. The molecule has 1 aromatic heterocycles. The molecule has 3 rings (SSSR count). The van der Waals surface area contributed by atoms with E-state index in [4.69, 9.17) is 39.5 Å². The molecule has 6 nitrogen and oxygen atoms in total. The second-order valence-electron chi connectivity index (χ2n) is 5.16. The summed E-state index contributed by atoms with van der Waals surface area (Å²) in [4.78, 5) is 0. The van der Waals surface area contributed by atoms with Crippen molar-refractivity contribution < 1.29 is 20.1 Å². The Morgan fingerprint density at radius 1 is 1.17 bits per heavy atom. The highest BCUT2D eigenvalue weighted by atomic mass is 35.5. The van der Waals surface area contributed by atoms with E-state index in [2.05, 4.69) is 0 Å². The van der Waals surface area contributed by atoms with Crippen LogP contribution in [0, 0.1) is 11.3 Å². The summed E-state index contributed by atoms with van der Waals surface area (Å²) >= 11 is 18.3. The van der Waals surface area contributed by atoms with Crippen molar-refractivity contribution in [2.75, 3.05) is 6.61 Å². The van der Waals surface area contributed by atoms with Gasteiger partial charge in [0, 0.05) is 5.39 Å². The minimum atomic E-state index is -1.33. The van der Waals surface area contributed by atoms with Crippen molar-refractivity contribution in [3.63, 3.8) is 0 Å². The fourth-order valence-electron chi connectivity index (χ4n) is 2.72. The second kappa shape index (κ2) is 6.11. The van der Waals surface area contributed by atoms with E-state index in [0.717, 1.165) is 0 Å². The van der Waals surface area contributed by atoms with Crippen LogP contribution >= 0.6 is 34.8 Å². The summed E-state index contributed by atoms with van der Waals surface area (Å²) in [6, 6.07) is 4.98. The average molecular weight is 378 g/mol. The van der Waals surface area contributed by atoms with Crippen molar-refractivity contribution in [1.29, 1.82) is 5.26 Å². The Hall–Kier alpha value is -1.04. The maximum atomic E-state index is 10.2. The number of aromatic nitrogens is 1. The zero-order valence-electron chi connectivity index (χ0n) is 11.4. The lowest BCUT2D eigenvalue weighted by molar-refractivity contribution is -0.0505. The van der Waals surface area contributed by atoms with Gasteiger partial charge in [0.2, 0.25) is 0 Å². The predicted molar refractivity (Wildman–Crippen MR) is 84.7 cm³/mol. The van der Waals surface area contributed by atoms with E-state index in [0.29, 0.717) is 10.9 Å². The van der Waals surface area contributed by atoms with Crippen molar-refractivity contribution in [3.05, 3.63) is 32.9 Å². The number of nitrogens with zero attached hydrogens (tertiary/aromatic N) is 2. The molecule has 2 heterocycles. The molecule has 1 fully saturated rings. The first kappa shape index (κ1) is 16.8. The lowest BCUT2D eigenvalue weighted by atomic mass is 10.1. The SMILES string of the molecule is N#Cc1c(Cl)n(C2O[C@H](CO)[C@@H](O)[C@H]2O)c2cc(Cl)c(Cl)cc12. The first-order chi connectivity index (χ1) is 10.9. The van der Waals surface area contributed by atoms with Crippen molar-refractivity contribution in [2.24, 2.45) is 0 Å². The van der Waals surface area contributed by atoms with Gasteiger partial charge in [-0.25, -0.2) is 0 Å². The minimum absolute atomic E-state index is 0.0238. The van der Waals surface area contributed by atoms with Gasteiger partial charge in [-0.15, -0.1) is 0 Å². The van der Waals surface area contributed by atoms with E-state index >= 15 is 0 Å². The number of ether oxygens (including phenoxy) is 1. The number of rotatable bonds is 2. The average Bonchev–Trinajstić information content (AvgIpc) is 2.94. The van der Waals surface area contributed by atoms with E-state index in [-0.39, 0.29) is 20.8 Å². The van der Waals surface area contributed by atoms with Crippen LogP contribution in [0.25, 0.3) is 10.9 Å². The summed E-state index contributed by atoms with van der Waals surface area (Å²) in [5, 5.41) is 39.6. The van der Waals surface area contributed by atoms with Gasteiger partial charge in [-0.3, -0.25) is 0 Å². The fourth-order valence-corrected chi connectivity index (χ4v) is 3.37. The molecule has 122 valence electrons. The minimum Gasteiger partial charge on any atom is -0.394 e. The molecule has 0 bridgehead atoms. The lowest BCUT2D eigenvalue weighted by Gasteiger charge is -2.19. The van der Waals surface area contributed by atoms with Crippen LogP contribution in [0.4, 0.5) is 0 Å². The number of nitriles is 1. The topological polar surface area (TPSA) is 98.6 Å². The van der Waals surface area contributed by atoms with Gasteiger partial charge >= 0.3 is 0 Å². The number of benzene rings is 1. The van der Waals surface area contributed by atoms with Gasteiger partial charge in [0.1, 0.15) is 29.5 Å². The van der Waals surface area contributed by atoms with E-state index < -0.39 is 31.1 Å². The zero-order valence-corrected chi connectivity index (χ0v) is 13.7. The van der Waals surface area contributed by atoms with Gasteiger partial charge in [0.05, 0.1) is 27.7 Å². The molecular weight excluding hydrogens is 367 g/mol. The van der Waals surface area contributed by atoms with Crippen LogP contribution in [0.1, 0.15) is 11.8 Å². The van der Waals surface area contributed by atoms with Crippen LogP contribution in [0.5, 0.6) is 0 Å². The third-order valence-corrected chi connectivity index (χ3v) is 4.96. The molecule has 1 saturated heterocycles. The van der Waals surface area contributed by atoms with E-state index in [1.165, 1.54) is 16.7 Å². The number of fused-ring (bicyclic) bond motifs is 1. The molecule has 1 unspecified atom stereocenters. The smallest absolute Gasteiger partial charge is 0.164 e.